The Morgan fingerprint density at radius 3 is 2.87 bits per heavy atom. The first-order valence-corrected chi connectivity index (χ1v) is 7.99. The number of anilines is 1. The van der Waals surface area contributed by atoms with Gasteiger partial charge in [-0.1, -0.05) is 24.3 Å². The number of rotatable bonds is 3. The van der Waals surface area contributed by atoms with E-state index in [2.05, 4.69) is 37.3 Å². The maximum absolute atomic E-state index is 12.3. The van der Waals surface area contributed by atoms with Crippen LogP contribution in [0.1, 0.15) is 44.4 Å². The number of nitrogens with one attached hydrogen (secondary N) is 1. The van der Waals surface area contributed by atoms with Crippen molar-refractivity contribution in [2.45, 2.75) is 45.3 Å². The largest absolute Gasteiger partial charge is 0.373 e. The zero-order valence-corrected chi connectivity index (χ0v) is 13.9. The first-order chi connectivity index (χ1) is 10.9. The molecule has 1 aliphatic rings. The van der Waals surface area contributed by atoms with Crippen LogP contribution in [0.2, 0.25) is 0 Å². The predicted molar refractivity (Wildman–Crippen MR) is 89.3 cm³/mol. The highest BCUT2D eigenvalue weighted by Crippen LogP contribution is 2.29. The van der Waals surface area contributed by atoms with Crippen LogP contribution in [0.3, 0.4) is 0 Å². The summed E-state index contributed by atoms with van der Waals surface area (Å²) < 4.78 is 7.63. The lowest BCUT2D eigenvalue weighted by Gasteiger charge is -2.25. The van der Waals surface area contributed by atoms with Gasteiger partial charge in [-0.05, 0) is 38.3 Å². The van der Waals surface area contributed by atoms with E-state index in [0.29, 0.717) is 18.8 Å². The Bertz CT molecular complexity index is 700. The van der Waals surface area contributed by atoms with Crippen molar-refractivity contribution < 1.29 is 9.53 Å². The lowest BCUT2D eigenvalue weighted by atomic mass is 9.96. The van der Waals surface area contributed by atoms with Crippen molar-refractivity contribution >= 4 is 11.7 Å². The first kappa shape index (κ1) is 15.7. The van der Waals surface area contributed by atoms with E-state index >= 15 is 0 Å². The van der Waals surface area contributed by atoms with Crippen LogP contribution >= 0.6 is 0 Å². The highest BCUT2D eigenvalue weighted by atomic mass is 16.5. The minimum absolute atomic E-state index is 0.0779. The molecule has 1 N–H and O–H groups in total. The molecule has 3 rings (SSSR count). The number of ether oxygens (including phenoxy) is 1. The number of carbonyl (C=O) groups excluding carboxylic acids is 1. The van der Waals surface area contributed by atoms with Gasteiger partial charge in [-0.25, -0.2) is 0 Å². The summed E-state index contributed by atoms with van der Waals surface area (Å²) in [5, 5.41) is 7.26. The molecule has 2 aromatic rings. The fourth-order valence-electron chi connectivity index (χ4n) is 2.77. The molecule has 0 fully saturated rings. The summed E-state index contributed by atoms with van der Waals surface area (Å²) in [6.45, 7) is 6.86. The van der Waals surface area contributed by atoms with Crippen LogP contribution in [0.4, 0.5) is 5.82 Å². The molecule has 122 valence electrons. The van der Waals surface area contributed by atoms with E-state index in [1.54, 1.807) is 0 Å². The van der Waals surface area contributed by atoms with Crippen molar-refractivity contribution in [1.82, 2.24) is 9.78 Å². The van der Waals surface area contributed by atoms with Gasteiger partial charge in [-0.3, -0.25) is 9.48 Å². The number of amides is 1. The van der Waals surface area contributed by atoms with E-state index in [1.807, 2.05) is 35.1 Å². The average Bonchev–Trinajstić information content (AvgIpc) is 2.96. The van der Waals surface area contributed by atoms with Crippen LogP contribution in [-0.4, -0.2) is 22.3 Å². The predicted octanol–water partition coefficient (Wildman–Crippen LogP) is 3.28. The summed E-state index contributed by atoms with van der Waals surface area (Å²) >= 11 is 0. The molecular weight excluding hydrogens is 290 g/mol. The molecule has 2 heterocycles. The normalized spacial score (nSPS) is 17.6. The smallest absolute Gasteiger partial charge is 0.228 e. The molecule has 1 atom stereocenters. The summed E-state index contributed by atoms with van der Waals surface area (Å²) in [6, 6.07) is 9.98. The first-order valence-electron chi connectivity index (χ1n) is 7.99. The SMILES string of the molecule is CC(C)(C)n1ccc(NC(=O)C[C@@H]2OCCc3ccccc32)n1. The Hall–Kier alpha value is -2.14. The molecule has 0 spiro atoms. The highest BCUT2D eigenvalue weighted by Gasteiger charge is 2.23. The molecule has 0 bridgehead atoms. The monoisotopic (exact) mass is 313 g/mol. The molecule has 0 unspecified atom stereocenters. The summed E-state index contributed by atoms with van der Waals surface area (Å²) in [7, 11) is 0. The van der Waals surface area contributed by atoms with E-state index in [-0.39, 0.29) is 17.6 Å². The van der Waals surface area contributed by atoms with Gasteiger partial charge in [0.05, 0.1) is 24.7 Å². The van der Waals surface area contributed by atoms with Crippen molar-refractivity contribution in [2.24, 2.45) is 0 Å². The third-order valence-corrected chi connectivity index (χ3v) is 4.01. The zero-order chi connectivity index (χ0) is 16.4. The molecule has 0 aliphatic carbocycles. The lowest BCUT2D eigenvalue weighted by Crippen LogP contribution is -2.24. The summed E-state index contributed by atoms with van der Waals surface area (Å²) in [5.74, 6) is 0.500. The number of benzene rings is 1. The van der Waals surface area contributed by atoms with Gasteiger partial charge >= 0.3 is 0 Å². The van der Waals surface area contributed by atoms with Crippen molar-refractivity contribution in [3.05, 3.63) is 47.7 Å². The summed E-state index contributed by atoms with van der Waals surface area (Å²) in [6.07, 6.45) is 2.91. The van der Waals surface area contributed by atoms with Crippen LogP contribution in [0, 0.1) is 0 Å². The third kappa shape index (κ3) is 3.62. The molecule has 23 heavy (non-hydrogen) atoms. The number of fused-ring (bicyclic) bond motifs is 1. The van der Waals surface area contributed by atoms with E-state index < -0.39 is 0 Å². The second-order valence-corrected chi connectivity index (χ2v) is 6.88. The zero-order valence-electron chi connectivity index (χ0n) is 13.9. The Kier molecular flexibility index (Phi) is 4.22. The molecule has 5 nitrogen and oxygen atoms in total. The topological polar surface area (TPSA) is 56.2 Å². The van der Waals surface area contributed by atoms with Gasteiger partial charge in [0.1, 0.15) is 0 Å². The van der Waals surface area contributed by atoms with Crippen molar-refractivity contribution in [3.8, 4) is 0 Å². The fraction of sp³-hybridized carbons (Fsp3) is 0.444. The van der Waals surface area contributed by atoms with E-state index in [9.17, 15) is 4.79 Å². The van der Waals surface area contributed by atoms with E-state index in [0.717, 1.165) is 12.0 Å². The van der Waals surface area contributed by atoms with Crippen LogP contribution in [0.25, 0.3) is 0 Å². The number of nitrogens with zero attached hydrogens (tertiary/aromatic N) is 2. The fourth-order valence-corrected chi connectivity index (χ4v) is 2.77. The quantitative estimate of drug-likeness (QED) is 0.946. The second-order valence-electron chi connectivity index (χ2n) is 6.88. The van der Waals surface area contributed by atoms with Gasteiger partial charge in [0.15, 0.2) is 5.82 Å². The second kappa shape index (κ2) is 6.16. The molecule has 0 radical (unpaired) electrons. The lowest BCUT2D eigenvalue weighted by molar-refractivity contribution is -0.119. The molecule has 1 amide bonds. The Labute approximate surface area is 136 Å². The molecule has 1 aliphatic heterocycles. The van der Waals surface area contributed by atoms with Crippen LogP contribution in [-0.2, 0) is 21.5 Å². The van der Waals surface area contributed by atoms with Crippen LogP contribution < -0.4 is 5.32 Å². The summed E-state index contributed by atoms with van der Waals surface area (Å²) in [4.78, 5) is 12.3. The van der Waals surface area contributed by atoms with Crippen LogP contribution in [0.5, 0.6) is 0 Å². The molecule has 5 heteroatoms. The van der Waals surface area contributed by atoms with Gasteiger partial charge in [0, 0.05) is 12.3 Å². The Balaban J connectivity index is 1.65. The van der Waals surface area contributed by atoms with Crippen molar-refractivity contribution in [1.29, 1.82) is 0 Å². The standard InChI is InChI=1S/C18H23N3O2/c1-18(2,3)21-10-8-16(20-21)19-17(22)12-15-14-7-5-4-6-13(14)9-11-23-15/h4-8,10,15H,9,11-12H2,1-3H3,(H,19,20,22)/t15-/m0/s1. The highest BCUT2D eigenvalue weighted by molar-refractivity contribution is 5.90. The molecule has 1 aromatic carbocycles. The van der Waals surface area contributed by atoms with Gasteiger partial charge in [0.2, 0.25) is 5.91 Å². The van der Waals surface area contributed by atoms with Gasteiger partial charge < -0.3 is 10.1 Å². The molecular formula is C18H23N3O2. The average molecular weight is 313 g/mol. The maximum atomic E-state index is 12.3. The number of aromatic nitrogens is 2. The third-order valence-electron chi connectivity index (χ3n) is 4.01. The maximum Gasteiger partial charge on any atom is 0.228 e. The van der Waals surface area contributed by atoms with Crippen LogP contribution in [0.15, 0.2) is 36.5 Å². The van der Waals surface area contributed by atoms with Gasteiger partial charge in [0.25, 0.3) is 0 Å². The Morgan fingerprint density at radius 1 is 1.35 bits per heavy atom. The molecule has 1 aromatic heterocycles. The minimum atomic E-state index is -0.176. The minimum Gasteiger partial charge on any atom is -0.373 e. The van der Waals surface area contributed by atoms with Gasteiger partial charge in [-0.2, -0.15) is 5.10 Å². The number of hydrogen-bond acceptors (Lipinski definition) is 3. The molecule has 0 saturated heterocycles. The van der Waals surface area contributed by atoms with Gasteiger partial charge in [-0.15, -0.1) is 0 Å². The number of carbonyl (C=O) groups is 1. The summed E-state index contributed by atoms with van der Waals surface area (Å²) in [5.41, 5.74) is 2.29. The van der Waals surface area contributed by atoms with E-state index in [4.69, 9.17) is 4.74 Å². The van der Waals surface area contributed by atoms with Crippen molar-refractivity contribution in [2.75, 3.05) is 11.9 Å². The molecule has 0 saturated carbocycles. The Morgan fingerprint density at radius 2 is 2.13 bits per heavy atom. The number of hydrogen-bond donors (Lipinski definition) is 1. The van der Waals surface area contributed by atoms with Crippen molar-refractivity contribution in [3.63, 3.8) is 0 Å². The van der Waals surface area contributed by atoms with E-state index in [1.165, 1.54) is 5.56 Å².